The SMILES string of the molecule is C=C1C(C(O)=C2CC2)=CN(CCC#N)c2nc(N3CCOCC3)c(NCc3c(F)cc(F)cc3F)cc21.CC(C)C. The first-order chi connectivity index (χ1) is 19.6. The van der Waals surface area contributed by atoms with Gasteiger partial charge in [0.1, 0.15) is 29.0 Å². The number of pyridine rings is 1. The highest BCUT2D eigenvalue weighted by Gasteiger charge is 2.30. The lowest BCUT2D eigenvalue weighted by Gasteiger charge is -2.34. The second-order valence-corrected chi connectivity index (χ2v) is 10.8. The van der Waals surface area contributed by atoms with E-state index >= 15 is 0 Å². The van der Waals surface area contributed by atoms with E-state index in [0.29, 0.717) is 79.0 Å². The summed E-state index contributed by atoms with van der Waals surface area (Å²) in [5, 5.41) is 23.1. The molecule has 2 fully saturated rings. The number of halogens is 3. The van der Waals surface area contributed by atoms with Crippen LogP contribution in [0.25, 0.3) is 5.57 Å². The summed E-state index contributed by atoms with van der Waals surface area (Å²) < 4.78 is 47.6. The minimum absolute atomic E-state index is 0.180. The first-order valence-corrected chi connectivity index (χ1v) is 13.8. The number of anilines is 3. The van der Waals surface area contributed by atoms with E-state index in [1.54, 1.807) is 12.3 Å². The fourth-order valence-electron chi connectivity index (χ4n) is 4.48. The lowest BCUT2D eigenvalue weighted by Crippen LogP contribution is -2.38. The highest BCUT2D eigenvalue weighted by molar-refractivity contribution is 5.93. The van der Waals surface area contributed by atoms with Gasteiger partial charge in [-0.15, -0.1) is 0 Å². The maximum atomic E-state index is 14.3. The summed E-state index contributed by atoms with van der Waals surface area (Å²) in [5.74, 6) is -0.810. The number of hydrogen-bond donors (Lipinski definition) is 2. The van der Waals surface area contributed by atoms with Gasteiger partial charge in [-0.25, -0.2) is 18.2 Å². The molecule has 1 saturated heterocycles. The largest absolute Gasteiger partial charge is 0.507 e. The molecule has 7 nitrogen and oxygen atoms in total. The van der Waals surface area contributed by atoms with Crippen molar-refractivity contribution in [3.8, 4) is 6.07 Å². The molecule has 2 N–H and O–H groups in total. The number of morpholine rings is 1. The maximum Gasteiger partial charge on any atom is 0.154 e. The molecule has 5 rings (SSSR count). The minimum Gasteiger partial charge on any atom is -0.507 e. The van der Waals surface area contributed by atoms with Crippen LogP contribution in [0.15, 0.2) is 47.9 Å². The Balaban J connectivity index is 0.000000909. The number of aliphatic hydroxyl groups excluding tert-OH is 1. The lowest BCUT2D eigenvalue weighted by atomic mass is 9.94. The number of benzene rings is 1. The number of allylic oxidation sites excluding steroid dienone is 2. The van der Waals surface area contributed by atoms with Crippen molar-refractivity contribution < 1.29 is 23.0 Å². The number of aromatic nitrogens is 1. The van der Waals surface area contributed by atoms with Gasteiger partial charge >= 0.3 is 0 Å². The molecule has 0 bridgehead atoms. The van der Waals surface area contributed by atoms with Crippen LogP contribution in [0.5, 0.6) is 0 Å². The van der Waals surface area contributed by atoms with Gasteiger partial charge < -0.3 is 25.0 Å². The average molecular weight is 568 g/mol. The number of ether oxygens (including phenoxy) is 1. The summed E-state index contributed by atoms with van der Waals surface area (Å²) >= 11 is 0. The zero-order valence-corrected chi connectivity index (χ0v) is 23.7. The molecule has 1 aromatic heterocycles. The van der Waals surface area contributed by atoms with Crippen LogP contribution in [-0.4, -0.2) is 42.9 Å². The molecule has 1 aromatic carbocycles. The molecule has 1 aliphatic carbocycles. The summed E-state index contributed by atoms with van der Waals surface area (Å²) in [6, 6.07) is 5.24. The molecule has 218 valence electrons. The Hall–Kier alpha value is -3.97. The Labute approximate surface area is 239 Å². The van der Waals surface area contributed by atoms with E-state index in [2.05, 4.69) is 38.7 Å². The van der Waals surface area contributed by atoms with Crippen LogP contribution in [0.1, 0.15) is 51.2 Å². The van der Waals surface area contributed by atoms with Crippen molar-refractivity contribution in [3.63, 3.8) is 0 Å². The van der Waals surface area contributed by atoms with Crippen molar-refractivity contribution in [1.82, 2.24) is 4.98 Å². The molecule has 0 atom stereocenters. The van der Waals surface area contributed by atoms with Crippen LogP contribution in [0, 0.1) is 34.7 Å². The van der Waals surface area contributed by atoms with Gasteiger partial charge in [-0.3, -0.25) is 0 Å². The van der Waals surface area contributed by atoms with Crippen LogP contribution in [0.2, 0.25) is 0 Å². The number of nitriles is 1. The third kappa shape index (κ3) is 7.22. The first-order valence-electron chi connectivity index (χ1n) is 13.8. The van der Waals surface area contributed by atoms with Gasteiger partial charge in [0, 0.05) is 61.2 Å². The Morgan fingerprint density at radius 3 is 2.34 bits per heavy atom. The number of aliphatic hydroxyl groups is 1. The van der Waals surface area contributed by atoms with E-state index in [4.69, 9.17) is 9.72 Å². The van der Waals surface area contributed by atoms with Crippen molar-refractivity contribution in [1.29, 1.82) is 5.26 Å². The number of fused-ring (bicyclic) bond motifs is 1. The van der Waals surface area contributed by atoms with Crippen LogP contribution in [-0.2, 0) is 11.3 Å². The molecule has 41 heavy (non-hydrogen) atoms. The molecular weight excluding hydrogens is 531 g/mol. The standard InChI is InChI=1S/C27H26F3N5O2.C4H10/c1-16-19-13-24(32-14-20-22(29)11-18(28)12-23(20)30)27(34-7-9-37-10-8-34)33-26(19)35(6-2-5-31)15-21(16)25(36)17-3-4-17;1-4(2)3/h11-13,15,32,36H,1-4,6-10,14H2;4H,1-3H3. The Morgan fingerprint density at radius 1 is 1.12 bits per heavy atom. The fourth-order valence-corrected chi connectivity index (χ4v) is 4.48. The number of nitrogens with zero attached hydrogens (tertiary/aromatic N) is 4. The van der Waals surface area contributed by atoms with Gasteiger partial charge in [0.25, 0.3) is 0 Å². The molecule has 0 unspecified atom stereocenters. The van der Waals surface area contributed by atoms with E-state index < -0.39 is 17.5 Å². The van der Waals surface area contributed by atoms with E-state index in [0.717, 1.165) is 24.3 Å². The van der Waals surface area contributed by atoms with Crippen LogP contribution < -0.4 is 15.1 Å². The molecular formula is C31H36F3N5O2. The summed E-state index contributed by atoms with van der Waals surface area (Å²) in [4.78, 5) is 8.76. The molecule has 2 aromatic rings. The topological polar surface area (TPSA) is 84.7 Å². The van der Waals surface area contributed by atoms with Gasteiger partial charge in [-0.1, -0.05) is 27.4 Å². The average Bonchev–Trinajstić information content (AvgIpc) is 3.77. The van der Waals surface area contributed by atoms with Crippen LogP contribution in [0.3, 0.4) is 0 Å². The van der Waals surface area contributed by atoms with Crippen molar-refractivity contribution in [2.24, 2.45) is 5.92 Å². The Bertz CT molecular complexity index is 1380. The Kier molecular flexibility index (Phi) is 9.61. The minimum atomic E-state index is -0.985. The first kappa shape index (κ1) is 30.0. The van der Waals surface area contributed by atoms with Crippen molar-refractivity contribution in [3.05, 3.63) is 76.5 Å². The van der Waals surface area contributed by atoms with Crippen LogP contribution >= 0.6 is 0 Å². The van der Waals surface area contributed by atoms with Crippen molar-refractivity contribution in [2.45, 2.75) is 46.6 Å². The smallest absolute Gasteiger partial charge is 0.154 e. The van der Waals surface area contributed by atoms with Gasteiger partial charge in [0.2, 0.25) is 0 Å². The zero-order valence-electron chi connectivity index (χ0n) is 23.7. The number of nitrogens with one attached hydrogen (secondary N) is 1. The summed E-state index contributed by atoms with van der Waals surface area (Å²) in [6.45, 7) is 12.9. The molecule has 3 heterocycles. The van der Waals surface area contributed by atoms with Gasteiger partial charge in [0.05, 0.1) is 31.4 Å². The molecule has 0 spiro atoms. The quantitative estimate of drug-likeness (QED) is 0.354. The third-order valence-electron chi connectivity index (χ3n) is 6.62. The highest BCUT2D eigenvalue weighted by Crippen LogP contribution is 2.44. The predicted octanol–water partition coefficient (Wildman–Crippen LogP) is 6.85. The molecule has 0 radical (unpaired) electrons. The van der Waals surface area contributed by atoms with Gasteiger partial charge in [-0.2, -0.15) is 5.26 Å². The maximum absolute atomic E-state index is 14.3. The molecule has 1 saturated carbocycles. The van der Waals surface area contributed by atoms with Gasteiger partial charge in [-0.05, 0) is 36.0 Å². The van der Waals surface area contributed by atoms with E-state index in [1.807, 2.05) is 9.80 Å². The highest BCUT2D eigenvalue weighted by atomic mass is 19.1. The van der Waals surface area contributed by atoms with Gasteiger partial charge in [0.15, 0.2) is 5.82 Å². The van der Waals surface area contributed by atoms with E-state index in [1.165, 1.54) is 0 Å². The van der Waals surface area contributed by atoms with E-state index in [-0.39, 0.29) is 24.3 Å². The predicted molar refractivity (Wildman–Crippen MR) is 155 cm³/mol. The molecule has 2 aliphatic heterocycles. The molecule has 0 amide bonds. The normalized spacial score (nSPS) is 16.0. The second-order valence-electron chi connectivity index (χ2n) is 10.8. The summed E-state index contributed by atoms with van der Waals surface area (Å²) in [7, 11) is 0. The molecule has 10 heteroatoms. The van der Waals surface area contributed by atoms with Crippen molar-refractivity contribution >= 4 is 22.9 Å². The monoisotopic (exact) mass is 567 g/mol. The summed E-state index contributed by atoms with van der Waals surface area (Å²) in [6.07, 6.45) is 3.65. The van der Waals surface area contributed by atoms with E-state index in [9.17, 15) is 23.5 Å². The number of hydrogen-bond acceptors (Lipinski definition) is 7. The lowest BCUT2D eigenvalue weighted by molar-refractivity contribution is 0.122. The van der Waals surface area contributed by atoms with Crippen molar-refractivity contribution in [2.75, 3.05) is 48.0 Å². The number of rotatable bonds is 7. The Morgan fingerprint density at radius 2 is 1.76 bits per heavy atom. The van der Waals surface area contributed by atoms with Crippen LogP contribution in [0.4, 0.5) is 30.5 Å². The summed E-state index contributed by atoms with van der Waals surface area (Å²) in [5.41, 5.74) is 2.89. The fraction of sp³-hybridized carbons (Fsp3) is 0.419. The second kappa shape index (κ2) is 13.1. The molecule has 3 aliphatic rings. The zero-order chi connectivity index (χ0) is 29.7. The third-order valence-corrected chi connectivity index (χ3v) is 6.62.